The summed E-state index contributed by atoms with van der Waals surface area (Å²) >= 11 is 0. The third-order valence-corrected chi connectivity index (χ3v) is 3.87. The normalized spacial score (nSPS) is 10.4. The van der Waals surface area contributed by atoms with Gasteiger partial charge in [0, 0.05) is 11.8 Å². The molecule has 0 spiro atoms. The van der Waals surface area contributed by atoms with Crippen molar-refractivity contribution in [2.24, 2.45) is 0 Å². The number of aromatic nitrogens is 1. The number of aryl methyl sites for hydroxylation is 2. The molecule has 2 aromatic carbocycles. The number of hydrogen-bond donors (Lipinski definition) is 1. The maximum atomic E-state index is 12.4. The van der Waals surface area contributed by atoms with E-state index in [1.54, 1.807) is 24.3 Å². The molecule has 0 radical (unpaired) electrons. The molecule has 0 aliphatic carbocycles. The Bertz CT molecular complexity index is 912. The minimum absolute atomic E-state index is 0.0998. The van der Waals surface area contributed by atoms with Crippen molar-refractivity contribution in [2.45, 2.75) is 20.5 Å². The summed E-state index contributed by atoms with van der Waals surface area (Å²) in [4.78, 5) is 24.3. The summed E-state index contributed by atoms with van der Waals surface area (Å²) < 4.78 is 10.2. The van der Waals surface area contributed by atoms with Gasteiger partial charge in [-0.25, -0.2) is 4.79 Å². The van der Waals surface area contributed by atoms with Crippen molar-refractivity contribution in [3.63, 3.8) is 0 Å². The zero-order chi connectivity index (χ0) is 18.5. The lowest BCUT2D eigenvalue weighted by molar-refractivity contribution is 0.0437. The third kappa shape index (κ3) is 3.97. The Kier molecular flexibility index (Phi) is 5.12. The van der Waals surface area contributed by atoms with Crippen LogP contribution in [0.3, 0.4) is 0 Å². The summed E-state index contributed by atoms with van der Waals surface area (Å²) in [7, 11) is 0. The maximum absolute atomic E-state index is 12.4. The second kappa shape index (κ2) is 7.65. The smallest absolute Gasteiger partial charge is 0.338 e. The van der Waals surface area contributed by atoms with Gasteiger partial charge in [-0.2, -0.15) is 0 Å². The maximum Gasteiger partial charge on any atom is 0.338 e. The first-order chi connectivity index (χ1) is 12.5. The number of ether oxygens (including phenoxy) is 1. The second-order valence-electron chi connectivity index (χ2n) is 5.84. The molecule has 0 saturated heterocycles. The van der Waals surface area contributed by atoms with Crippen LogP contribution < -0.4 is 5.32 Å². The number of benzene rings is 2. The van der Waals surface area contributed by atoms with Crippen molar-refractivity contribution in [1.29, 1.82) is 0 Å². The first kappa shape index (κ1) is 17.4. The van der Waals surface area contributed by atoms with Gasteiger partial charge < -0.3 is 14.6 Å². The molecular weight excluding hydrogens is 332 g/mol. The van der Waals surface area contributed by atoms with E-state index in [0.717, 1.165) is 16.8 Å². The molecule has 0 atom stereocenters. The van der Waals surface area contributed by atoms with Crippen LogP contribution in [0.4, 0.5) is 5.69 Å². The third-order valence-electron chi connectivity index (χ3n) is 3.87. The highest BCUT2D eigenvalue weighted by atomic mass is 16.5. The number of esters is 1. The van der Waals surface area contributed by atoms with Gasteiger partial charge in [0.15, 0.2) is 18.1 Å². The molecule has 6 heteroatoms. The highest BCUT2D eigenvalue weighted by Crippen LogP contribution is 2.20. The van der Waals surface area contributed by atoms with Crippen molar-refractivity contribution in [3.05, 3.63) is 82.7 Å². The molecule has 1 aromatic heterocycles. The van der Waals surface area contributed by atoms with Gasteiger partial charge in [-0.05, 0) is 37.1 Å². The summed E-state index contributed by atoms with van der Waals surface area (Å²) in [5.41, 5.74) is 3.23. The van der Waals surface area contributed by atoms with Crippen LogP contribution in [0.25, 0.3) is 0 Å². The van der Waals surface area contributed by atoms with Crippen molar-refractivity contribution in [3.8, 4) is 0 Å². The van der Waals surface area contributed by atoms with Gasteiger partial charge in [0.25, 0.3) is 5.91 Å². The molecule has 132 valence electrons. The predicted molar refractivity (Wildman–Crippen MR) is 95.9 cm³/mol. The summed E-state index contributed by atoms with van der Waals surface area (Å²) in [6.45, 7) is 3.73. The molecule has 1 N–H and O–H groups in total. The quantitative estimate of drug-likeness (QED) is 0.706. The number of nitrogens with zero attached hydrogens (tertiary/aromatic N) is 1. The summed E-state index contributed by atoms with van der Waals surface area (Å²) in [5.74, 6) is -0.559. The number of carbonyl (C=O) groups excluding carboxylic acids is 2. The van der Waals surface area contributed by atoms with E-state index in [4.69, 9.17) is 9.26 Å². The molecule has 0 bridgehead atoms. The molecule has 0 aliphatic heterocycles. The SMILES string of the molecule is Cc1cccc(C)c1NC(=O)c1cc(COC(=O)c2ccccc2)on1. The van der Waals surface area contributed by atoms with Crippen LogP contribution in [0.15, 0.2) is 59.1 Å². The zero-order valence-corrected chi connectivity index (χ0v) is 14.5. The lowest BCUT2D eigenvalue weighted by Gasteiger charge is -2.09. The van der Waals surface area contributed by atoms with Gasteiger partial charge in [-0.3, -0.25) is 4.79 Å². The van der Waals surface area contributed by atoms with E-state index < -0.39 is 5.97 Å². The molecule has 0 unspecified atom stereocenters. The molecule has 3 aromatic rings. The Hall–Kier alpha value is -3.41. The number of amides is 1. The van der Waals surface area contributed by atoms with E-state index in [2.05, 4.69) is 10.5 Å². The summed E-state index contributed by atoms with van der Waals surface area (Å²) in [6, 6.07) is 15.9. The van der Waals surface area contributed by atoms with E-state index in [-0.39, 0.29) is 18.2 Å². The summed E-state index contributed by atoms with van der Waals surface area (Å²) in [6.07, 6.45) is 0. The zero-order valence-electron chi connectivity index (χ0n) is 14.5. The van der Waals surface area contributed by atoms with Crippen LogP contribution in [0.5, 0.6) is 0 Å². The Morgan fingerprint density at radius 1 is 1.04 bits per heavy atom. The highest BCUT2D eigenvalue weighted by Gasteiger charge is 2.16. The fourth-order valence-corrected chi connectivity index (χ4v) is 2.47. The number of nitrogens with one attached hydrogen (secondary N) is 1. The number of hydrogen-bond acceptors (Lipinski definition) is 5. The van der Waals surface area contributed by atoms with Gasteiger partial charge >= 0.3 is 5.97 Å². The molecule has 3 rings (SSSR count). The van der Waals surface area contributed by atoms with E-state index in [1.165, 1.54) is 6.07 Å². The minimum atomic E-state index is -0.469. The molecular formula is C20H18N2O4. The fraction of sp³-hybridized carbons (Fsp3) is 0.150. The van der Waals surface area contributed by atoms with Crippen LogP contribution in [0.1, 0.15) is 37.7 Å². The van der Waals surface area contributed by atoms with Crippen molar-refractivity contribution >= 4 is 17.6 Å². The van der Waals surface area contributed by atoms with Crippen LogP contribution in [0, 0.1) is 13.8 Å². The van der Waals surface area contributed by atoms with Crippen LogP contribution in [0.2, 0.25) is 0 Å². The average molecular weight is 350 g/mol. The van der Waals surface area contributed by atoms with Gasteiger partial charge in [-0.1, -0.05) is 41.6 Å². The molecule has 1 amide bonds. The van der Waals surface area contributed by atoms with E-state index >= 15 is 0 Å². The number of para-hydroxylation sites is 1. The first-order valence-electron chi connectivity index (χ1n) is 8.10. The number of anilines is 1. The number of carbonyl (C=O) groups is 2. The van der Waals surface area contributed by atoms with Crippen LogP contribution in [-0.4, -0.2) is 17.0 Å². The molecule has 0 saturated carbocycles. The molecule has 26 heavy (non-hydrogen) atoms. The van der Waals surface area contributed by atoms with Crippen LogP contribution in [-0.2, 0) is 11.3 Å². The summed E-state index contributed by atoms with van der Waals surface area (Å²) in [5, 5.41) is 6.57. The first-order valence-corrected chi connectivity index (χ1v) is 8.10. The van der Waals surface area contributed by atoms with Gasteiger partial charge in [0.2, 0.25) is 0 Å². The van der Waals surface area contributed by atoms with E-state index in [0.29, 0.717) is 11.3 Å². The topological polar surface area (TPSA) is 81.4 Å². The van der Waals surface area contributed by atoms with Crippen LogP contribution >= 0.6 is 0 Å². The molecule has 0 aliphatic rings. The van der Waals surface area contributed by atoms with Crippen molar-refractivity contribution in [2.75, 3.05) is 5.32 Å². The molecule has 0 fully saturated rings. The molecule has 1 heterocycles. The second-order valence-corrected chi connectivity index (χ2v) is 5.84. The van der Waals surface area contributed by atoms with Gasteiger partial charge in [0.1, 0.15) is 0 Å². The van der Waals surface area contributed by atoms with E-state index in [9.17, 15) is 9.59 Å². The largest absolute Gasteiger partial charge is 0.454 e. The Morgan fingerprint density at radius 3 is 2.42 bits per heavy atom. The minimum Gasteiger partial charge on any atom is -0.454 e. The van der Waals surface area contributed by atoms with Gasteiger partial charge in [0.05, 0.1) is 5.56 Å². The number of rotatable bonds is 5. The standard InChI is InChI=1S/C20H18N2O4/c1-13-7-6-8-14(2)18(13)21-19(23)17-11-16(26-22-17)12-25-20(24)15-9-4-3-5-10-15/h3-11H,12H2,1-2H3,(H,21,23). The van der Waals surface area contributed by atoms with E-state index in [1.807, 2.05) is 38.1 Å². The Balaban J connectivity index is 1.62. The lowest BCUT2D eigenvalue weighted by Crippen LogP contribution is -2.14. The molecule has 6 nitrogen and oxygen atoms in total. The predicted octanol–water partition coefficient (Wildman–Crippen LogP) is 3.90. The Labute approximate surface area is 150 Å². The highest BCUT2D eigenvalue weighted by molar-refractivity contribution is 6.03. The van der Waals surface area contributed by atoms with Crippen molar-refractivity contribution < 1.29 is 18.8 Å². The fourth-order valence-electron chi connectivity index (χ4n) is 2.47. The van der Waals surface area contributed by atoms with Gasteiger partial charge in [-0.15, -0.1) is 0 Å². The van der Waals surface area contributed by atoms with Crippen molar-refractivity contribution in [1.82, 2.24) is 5.16 Å². The Morgan fingerprint density at radius 2 is 1.73 bits per heavy atom. The monoisotopic (exact) mass is 350 g/mol. The average Bonchev–Trinajstić information content (AvgIpc) is 3.12. The lowest BCUT2D eigenvalue weighted by atomic mass is 10.1.